The molecule has 0 aromatic carbocycles. The second kappa shape index (κ2) is 2.66. The first-order valence-electron chi connectivity index (χ1n) is 3.06. The molecule has 3 heteroatoms. The van der Waals surface area contributed by atoms with Crippen LogP contribution in [-0.4, -0.2) is 10.1 Å². The van der Waals surface area contributed by atoms with Crippen molar-refractivity contribution in [1.29, 1.82) is 0 Å². The van der Waals surface area contributed by atoms with E-state index in [1.165, 1.54) is 0 Å². The molecule has 0 spiro atoms. The molecule has 1 aromatic heterocycles. The summed E-state index contributed by atoms with van der Waals surface area (Å²) in [6.07, 6.45) is 1.68. The van der Waals surface area contributed by atoms with Crippen LogP contribution in [0.5, 0.6) is 0 Å². The highest BCUT2D eigenvalue weighted by Crippen LogP contribution is 2.09. The van der Waals surface area contributed by atoms with Crippen LogP contribution in [0.25, 0.3) is 0 Å². The number of aliphatic hydroxyl groups excluding tert-OH is 1. The number of pyridine rings is 1. The summed E-state index contributed by atoms with van der Waals surface area (Å²) >= 11 is 0. The van der Waals surface area contributed by atoms with Crippen LogP contribution < -0.4 is 5.73 Å². The highest BCUT2D eigenvalue weighted by Gasteiger charge is 1.96. The van der Waals surface area contributed by atoms with Crippen LogP contribution in [0.2, 0.25) is 0 Å². The van der Waals surface area contributed by atoms with Gasteiger partial charge in [-0.3, -0.25) is 4.98 Å². The molecule has 0 atom stereocenters. The molecule has 3 nitrogen and oxygen atoms in total. The Morgan fingerprint density at radius 1 is 1.70 bits per heavy atom. The Balaban J connectivity index is 3.07. The summed E-state index contributed by atoms with van der Waals surface area (Å²) in [5, 5.41) is 8.67. The average Bonchev–Trinajstić information content (AvgIpc) is 1.88. The van der Waals surface area contributed by atoms with Crippen LogP contribution in [-0.2, 0) is 6.61 Å². The van der Waals surface area contributed by atoms with Gasteiger partial charge in [-0.15, -0.1) is 0 Å². The van der Waals surface area contributed by atoms with Gasteiger partial charge in [0.25, 0.3) is 0 Å². The van der Waals surface area contributed by atoms with Crippen molar-refractivity contribution in [2.75, 3.05) is 5.73 Å². The predicted octanol–water partition coefficient (Wildman–Crippen LogP) is 0.465. The zero-order valence-corrected chi connectivity index (χ0v) is 5.83. The van der Waals surface area contributed by atoms with Gasteiger partial charge >= 0.3 is 0 Å². The minimum Gasteiger partial charge on any atom is -0.397 e. The number of aliphatic hydroxyl groups is 1. The second-order valence-corrected chi connectivity index (χ2v) is 2.21. The van der Waals surface area contributed by atoms with Gasteiger partial charge in [-0.1, -0.05) is 0 Å². The number of hydrogen-bond donors (Lipinski definition) is 2. The maximum Gasteiger partial charge on any atom is 0.0886 e. The predicted molar refractivity (Wildman–Crippen MR) is 39.3 cm³/mol. The summed E-state index contributed by atoms with van der Waals surface area (Å²) in [6, 6.07) is 1.79. The molecule has 0 unspecified atom stereocenters. The van der Waals surface area contributed by atoms with Gasteiger partial charge in [0.05, 0.1) is 18.0 Å². The van der Waals surface area contributed by atoms with Crippen molar-refractivity contribution in [2.24, 2.45) is 0 Å². The maximum atomic E-state index is 8.67. The highest BCUT2D eigenvalue weighted by molar-refractivity contribution is 5.43. The Hall–Kier alpha value is -1.09. The zero-order chi connectivity index (χ0) is 7.56. The molecule has 0 aliphatic heterocycles. The number of aromatic nitrogens is 1. The molecule has 0 aliphatic carbocycles. The lowest BCUT2D eigenvalue weighted by Crippen LogP contribution is -1.97. The van der Waals surface area contributed by atoms with Gasteiger partial charge in [-0.05, 0) is 18.6 Å². The van der Waals surface area contributed by atoms with Crippen molar-refractivity contribution in [3.05, 3.63) is 23.5 Å². The number of nitrogens with two attached hydrogens (primary N) is 1. The van der Waals surface area contributed by atoms with Crippen molar-refractivity contribution >= 4 is 5.69 Å². The van der Waals surface area contributed by atoms with Gasteiger partial charge in [0.2, 0.25) is 0 Å². The molecule has 1 rings (SSSR count). The van der Waals surface area contributed by atoms with Crippen molar-refractivity contribution in [1.82, 2.24) is 4.98 Å². The molecule has 0 saturated carbocycles. The molecule has 10 heavy (non-hydrogen) atoms. The number of nitrogen functional groups attached to an aromatic ring is 1. The standard InChI is InChI=1S/C7H10N2O/c1-5-2-6(8)7(4-10)9-3-5/h2-3,10H,4,8H2,1H3. The number of anilines is 1. The van der Waals surface area contributed by atoms with Crippen LogP contribution in [0.1, 0.15) is 11.3 Å². The van der Waals surface area contributed by atoms with Gasteiger partial charge in [-0.25, -0.2) is 0 Å². The first-order chi connectivity index (χ1) is 4.74. The summed E-state index contributed by atoms with van der Waals surface area (Å²) in [5.41, 5.74) is 7.62. The summed E-state index contributed by atoms with van der Waals surface area (Å²) in [7, 11) is 0. The van der Waals surface area contributed by atoms with Gasteiger partial charge in [-0.2, -0.15) is 0 Å². The number of nitrogens with zero attached hydrogens (tertiary/aromatic N) is 1. The third kappa shape index (κ3) is 1.25. The number of aryl methyl sites for hydroxylation is 1. The van der Waals surface area contributed by atoms with E-state index in [4.69, 9.17) is 10.8 Å². The van der Waals surface area contributed by atoms with Crippen molar-refractivity contribution in [2.45, 2.75) is 13.5 Å². The molecular weight excluding hydrogens is 128 g/mol. The van der Waals surface area contributed by atoms with Gasteiger partial charge in [0.15, 0.2) is 0 Å². The van der Waals surface area contributed by atoms with Crippen LogP contribution in [0.15, 0.2) is 12.3 Å². The van der Waals surface area contributed by atoms with E-state index in [0.717, 1.165) is 5.56 Å². The fourth-order valence-corrected chi connectivity index (χ4v) is 0.752. The monoisotopic (exact) mass is 138 g/mol. The number of rotatable bonds is 1. The topological polar surface area (TPSA) is 59.1 Å². The van der Waals surface area contributed by atoms with Crippen molar-refractivity contribution < 1.29 is 5.11 Å². The first kappa shape index (κ1) is 7.02. The molecule has 1 aromatic rings. The molecule has 54 valence electrons. The van der Waals surface area contributed by atoms with Crippen molar-refractivity contribution in [3.8, 4) is 0 Å². The molecule has 0 radical (unpaired) electrons. The maximum absolute atomic E-state index is 8.67. The average molecular weight is 138 g/mol. The number of hydrogen-bond acceptors (Lipinski definition) is 3. The first-order valence-corrected chi connectivity index (χ1v) is 3.06. The van der Waals surface area contributed by atoms with Crippen LogP contribution in [0.3, 0.4) is 0 Å². The van der Waals surface area contributed by atoms with Crippen LogP contribution >= 0.6 is 0 Å². The summed E-state index contributed by atoms with van der Waals surface area (Å²) < 4.78 is 0. The summed E-state index contributed by atoms with van der Waals surface area (Å²) in [5.74, 6) is 0. The molecule has 3 N–H and O–H groups in total. The lowest BCUT2D eigenvalue weighted by Gasteiger charge is -2.00. The van der Waals surface area contributed by atoms with Gasteiger partial charge < -0.3 is 10.8 Å². The molecule has 0 amide bonds. The molecule has 0 aliphatic rings. The third-order valence-corrected chi connectivity index (χ3v) is 1.29. The quantitative estimate of drug-likeness (QED) is 0.592. The highest BCUT2D eigenvalue weighted by atomic mass is 16.3. The Kier molecular flexibility index (Phi) is 1.87. The Morgan fingerprint density at radius 2 is 2.40 bits per heavy atom. The van der Waals surface area contributed by atoms with E-state index in [-0.39, 0.29) is 6.61 Å². The normalized spacial score (nSPS) is 9.80. The zero-order valence-electron chi connectivity index (χ0n) is 5.83. The minimum atomic E-state index is -0.0912. The summed E-state index contributed by atoms with van der Waals surface area (Å²) in [4.78, 5) is 3.92. The molecule has 0 bridgehead atoms. The van der Waals surface area contributed by atoms with E-state index < -0.39 is 0 Å². The Bertz CT molecular complexity index is 235. The van der Waals surface area contributed by atoms with E-state index >= 15 is 0 Å². The Labute approximate surface area is 59.5 Å². The van der Waals surface area contributed by atoms with E-state index in [9.17, 15) is 0 Å². The molecule has 1 heterocycles. The van der Waals surface area contributed by atoms with Crippen molar-refractivity contribution in [3.63, 3.8) is 0 Å². The molecule has 0 saturated heterocycles. The fraction of sp³-hybridized carbons (Fsp3) is 0.286. The summed E-state index contributed by atoms with van der Waals surface area (Å²) in [6.45, 7) is 1.82. The van der Waals surface area contributed by atoms with Gasteiger partial charge in [0.1, 0.15) is 0 Å². The Morgan fingerprint density at radius 3 is 2.90 bits per heavy atom. The van der Waals surface area contributed by atoms with Crippen LogP contribution in [0.4, 0.5) is 5.69 Å². The van der Waals surface area contributed by atoms with E-state index in [2.05, 4.69) is 4.98 Å². The van der Waals surface area contributed by atoms with Gasteiger partial charge in [0, 0.05) is 6.20 Å². The largest absolute Gasteiger partial charge is 0.397 e. The smallest absolute Gasteiger partial charge is 0.0886 e. The third-order valence-electron chi connectivity index (χ3n) is 1.29. The van der Waals surface area contributed by atoms with Crippen LogP contribution in [0, 0.1) is 6.92 Å². The second-order valence-electron chi connectivity index (χ2n) is 2.21. The molecule has 0 fully saturated rings. The lowest BCUT2D eigenvalue weighted by molar-refractivity contribution is 0.277. The van der Waals surface area contributed by atoms with E-state index in [0.29, 0.717) is 11.4 Å². The van der Waals surface area contributed by atoms with E-state index in [1.54, 1.807) is 12.3 Å². The molecular formula is C7H10N2O. The fourth-order valence-electron chi connectivity index (χ4n) is 0.752. The lowest BCUT2D eigenvalue weighted by atomic mass is 10.2. The SMILES string of the molecule is Cc1cnc(CO)c(N)c1. The minimum absolute atomic E-state index is 0.0912. The van der Waals surface area contributed by atoms with E-state index in [1.807, 2.05) is 6.92 Å².